The molecular weight excluding hydrogens is 541 g/mol. The van der Waals surface area contributed by atoms with E-state index in [4.69, 9.17) is 0 Å². The highest BCUT2D eigenvalue weighted by molar-refractivity contribution is 7.99. The third kappa shape index (κ3) is 8.36. The number of nitrogens with one attached hydrogen (secondary N) is 3. The van der Waals surface area contributed by atoms with E-state index in [0.717, 1.165) is 0 Å². The van der Waals surface area contributed by atoms with Crippen molar-refractivity contribution in [3.8, 4) is 5.75 Å². The molecule has 0 heterocycles. The second kappa shape index (κ2) is 13.2. The molecule has 39 heavy (non-hydrogen) atoms. The van der Waals surface area contributed by atoms with Crippen molar-refractivity contribution < 1.29 is 33.2 Å². The first-order chi connectivity index (χ1) is 18.4. The third-order valence-electron chi connectivity index (χ3n) is 5.73. The Labute approximate surface area is 232 Å². The standard InChI is InChI=1S/C26H32BN3O7S2/c1-16(2)14-24(27(34)35)29-25(32)12-13-38-23-15-22(20-6-4-5-7-21(20)26(23)33)30-39(36,37)19-10-8-18(9-11-19)28-17(3)31/h4-11,15-16,24,30,33-35H,12-14H2,1-3H3,(H,28,31)(H,29,32)/t24-/m0/s1. The van der Waals surface area contributed by atoms with Gasteiger partial charge in [-0.3, -0.25) is 14.3 Å². The number of carbonyl (C=O) groups excluding carboxylic acids is 2. The van der Waals surface area contributed by atoms with Gasteiger partial charge in [0.05, 0.1) is 21.4 Å². The summed E-state index contributed by atoms with van der Waals surface area (Å²) >= 11 is 1.17. The van der Waals surface area contributed by atoms with E-state index in [2.05, 4.69) is 15.4 Å². The topological polar surface area (TPSA) is 165 Å². The molecule has 10 nitrogen and oxygen atoms in total. The minimum Gasteiger partial charge on any atom is -0.506 e. The summed E-state index contributed by atoms with van der Waals surface area (Å²) in [6, 6.07) is 14.0. The predicted octanol–water partition coefficient (Wildman–Crippen LogP) is 3.33. The van der Waals surface area contributed by atoms with Crippen LogP contribution in [-0.2, 0) is 19.6 Å². The lowest BCUT2D eigenvalue weighted by Crippen LogP contribution is -2.47. The molecule has 13 heteroatoms. The maximum atomic E-state index is 13.2. The van der Waals surface area contributed by atoms with Crippen molar-refractivity contribution in [1.82, 2.24) is 5.32 Å². The van der Waals surface area contributed by atoms with Gasteiger partial charge >= 0.3 is 7.12 Å². The summed E-state index contributed by atoms with van der Waals surface area (Å²) in [7, 11) is -5.69. The number of phenolic OH excluding ortho intramolecular Hbond substituents is 1. The molecule has 0 fully saturated rings. The van der Waals surface area contributed by atoms with E-state index in [-0.39, 0.29) is 46.2 Å². The summed E-state index contributed by atoms with van der Waals surface area (Å²) in [4.78, 5) is 24.0. The molecule has 0 aromatic heterocycles. The molecule has 6 N–H and O–H groups in total. The van der Waals surface area contributed by atoms with E-state index < -0.39 is 23.1 Å². The highest BCUT2D eigenvalue weighted by Gasteiger charge is 2.26. The summed E-state index contributed by atoms with van der Waals surface area (Å²) in [5.41, 5.74) is 0.713. The van der Waals surface area contributed by atoms with E-state index in [1.807, 2.05) is 13.8 Å². The van der Waals surface area contributed by atoms with Crippen molar-refractivity contribution in [2.45, 2.75) is 49.3 Å². The number of phenols is 1. The molecule has 0 aliphatic rings. The summed E-state index contributed by atoms with van der Waals surface area (Å²) in [5.74, 6) is -1.07. The van der Waals surface area contributed by atoms with Crippen molar-refractivity contribution >= 4 is 62.9 Å². The largest absolute Gasteiger partial charge is 0.506 e. The molecule has 3 aromatic rings. The smallest absolute Gasteiger partial charge is 0.475 e. The summed E-state index contributed by atoms with van der Waals surface area (Å²) in [5, 5.41) is 36.1. The number of benzene rings is 3. The lowest BCUT2D eigenvalue weighted by Gasteiger charge is -2.19. The Balaban J connectivity index is 1.79. The zero-order valence-corrected chi connectivity index (χ0v) is 23.5. The quantitative estimate of drug-likeness (QED) is 0.109. The van der Waals surface area contributed by atoms with Gasteiger partial charge in [-0.25, -0.2) is 8.42 Å². The van der Waals surface area contributed by atoms with Crippen molar-refractivity contribution in [2.24, 2.45) is 5.92 Å². The number of fused-ring (bicyclic) bond motifs is 1. The highest BCUT2D eigenvalue weighted by Crippen LogP contribution is 2.40. The van der Waals surface area contributed by atoms with E-state index >= 15 is 0 Å². The van der Waals surface area contributed by atoms with Crippen LogP contribution in [0.5, 0.6) is 5.75 Å². The first-order valence-corrected chi connectivity index (χ1v) is 14.8. The van der Waals surface area contributed by atoms with Crippen LogP contribution in [0.1, 0.15) is 33.6 Å². The maximum Gasteiger partial charge on any atom is 0.475 e. The molecule has 0 aliphatic heterocycles. The molecular formula is C26H32BN3O7S2. The zero-order valence-electron chi connectivity index (χ0n) is 21.8. The summed E-state index contributed by atoms with van der Waals surface area (Å²) < 4.78 is 28.9. The van der Waals surface area contributed by atoms with Crippen LogP contribution in [0.15, 0.2) is 64.4 Å². The first-order valence-electron chi connectivity index (χ1n) is 12.3. The number of aromatic hydroxyl groups is 1. The average Bonchev–Trinajstić information content (AvgIpc) is 2.86. The van der Waals surface area contributed by atoms with Crippen LogP contribution in [0.3, 0.4) is 0 Å². The second-order valence-electron chi connectivity index (χ2n) is 9.44. The van der Waals surface area contributed by atoms with Crippen LogP contribution in [0, 0.1) is 5.92 Å². The molecule has 0 aliphatic carbocycles. The number of rotatable bonds is 12. The first kappa shape index (κ1) is 30.3. The van der Waals surface area contributed by atoms with E-state index in [9.17, 15) is 33.2 Å². The van der Waals surface area contributed by atoms with Crippen LogP contribution < -0.4 is 15.4 Å². The van der Waals surface area contributed by atoms with Gasteiger partial charge in [-0.2, -0.15) is 0 Å². The molecule has 0 bridgehead atoms. The minimum atomic E-state index is -4.01. The van der Waals surface area contributed by atoms with Crippen LogP contribution in [-0.4, -0.2) is 54.2 Å². The molecule has 0 saturated heterocycles. The van der Waals surface area contributed by atoms with Crippen molar-refractivity contribution in [3.05, 3.63) is 54.6 Å². The Hall–Kier alpha value is -3.26. The van der Waals surface area contributed by atoms with Crippen LogP contribution in [0.2, 0.25) is 0 Å². The van der Waals surface area contributed by atoms with Gasteiger partial charge in [0.25, 0.3) is 10.0 Å². The fourth-order valence-electron chi connectivity index (χ4n) is 3.95. The molecule has 2 amide bonds. The van der Waals surface area contributed by atoms with Crippen molar-refractivity contribution in [2.75, 3.05) is 15.8 Å². The number of anilines is 2. The molecule has 0 unspecified atom stereocenters. The predicted molar refractivity (Wildman–Crippen MR) is 154 cm³/mol. The average molecular weight is 574 g/mol. The SMILES string of the molecule is CC(=O)Nc1ccc(S(=O)(=O)Nc2cc(SCCC(=O)N[C@@H](CC(C)C)B(O)O)c(O)c3ccccc23)cc1. The Kier molecular flexibility index (Phi) is 10.3. The Morgan fingerprint density at radius 3 is 2.26 bits per heavy atom. The molecule has 0 spiro atoms. The molecule has 0 radical (unpaired) electrons. The Morgan fingerprint density at radius 2 is 1.67 bits per heavy atom. The minimum absolute atomic E-state index is 0.0124. The Bertz CT molecular complexity index is 1430. The van der Waals surface area contributed by atoms with Gasteiger partial charge in [0.15, 0.2) is 0 Å². The van der Waals surface area contributed by atoms with Gasteiger partial charge in [-0.15, -0.1) is 11.8 Å². The van der Waals surface area contributed by atoms with Crippen LogP contribution in [0.4, 0.5) is 11.4 Å². The fourth-order valence-corrected chi connectivity index (χ4v) is 5.97. The maximum absolute atomic E-state index is 13.2. The number of hydrogen-bond acceptors (Lipinski definition) is 8. The van der Waals surface area contributed by atoms with Gasteiger partial charge in [0.2, 0.25) is 11.8 Å². The zero-order chi connectivity index (χ0) is 28.7. The normalized spacial score (nSPS) is 12.3. The van der Waals surface area contributed by atoms with Crippen molar-refractivity contribution in [1.29, 1.82) is 0 Å². The number of carbonyl (C=O) groups is 2. The molecule has 3 aromatic carbocycles. The molecule has 208 valence electrons. The van der Waals surface area contributed by atoms with E-state index in [0.29, 0.717) is 27.8 Å². The van der Waals surface area contributed by atoms with Crippen LogP contribution >= 0.6 is 11.8 Å². The van der Waals surface area contributed by atoms with Gasteiger partial charge in [0, 0.05) is 35.6 Å². The van der Waals surface area contributed by atoms with Crippen LogP contribution in [0.25, 0.3) is 10.8 Å². The Morgan fingerprint density at radius 1 is 1.03 bits per heavy atom. The second-order valence-corrected chi connectivity index (χ2v) is 12.3. The lowest BCUT2D eigenvalue weighted by atomic mass is 9.75. The lowest BCUT2D eigenvalue weighted by molar-refractivity contribution is -0.121. The number of hydrogen-bond donors (Lipinski definition) is 6. The highest BCUT2D eigenvalue weighted by atomic mass is 32.2. The molecule has 0 saturated carbocycles. The monoisotopic (exact) mass is 573 g/mol. The van der Waals surface area contributed by atoms with Gasteiger partial charge in [-0.05, 0) is 42.7 Å². The number of thioether (sulfide) groups is 1. The summed E-state index contributed by atoms with van der Waals surface area (Å²) in [6.45, 7) is 5.17. The van der Waals surface area contributed by atoms with Gasteiger partial charge < -0.3 is 25.8 Å². The van der Waals surface area contributed by atoms with E-state index in [1.54, 1.807) is 24.3 Å². The molecule has 1 atom stereocenters. The fraction of sp³-hybridized carbons (Fsp3) is 0.308. The van der Waals surface area contributed by atoms with E-state index in [1.165, 1.54) is 49.0 Å². The number of sulfonamides is 1. The molecule has 3 rings (SSSR count). The third-order valence-corrected chi connectivity index (χ3v) is 8.14. The summed E-state index contributed by atoms with van der Waals surface area (Å²) in [6.07, 6.45) is 0.446. The number of amides is 2. The van der Waals surface area contributed by atoms with Crippen molar-refractivity contribution in [3.63, 3.8) is 0 Å². The van der Waals surface area contributed by atoms with Gasteiger partial charge in [-0.1, -0.05) is 38.1 Å². The van der Waals surface area contributed by atoms with Gasteiger partial charge in [0.1, 0.15) is 5.75 Å².